The highest BCUT2D eigenvalue weighted by Crippen LogP contribution is 2.25. The zero-order chi connectivity index (χ0) is 16.5. The molecule has 0 saturated carbocycles. The van der Waals surface area contributed by atoms with Crippen LogP contribution in [0.1, 0.15) is 22.9 Å². The van der Waals surface area contributed by atoms with Crippen LogP contribution in [-0.4, -0.2) is 44.3 Å². The molecule has 0 aromatic carbocycles. The predicted molar refractivity (Wildman–Crippen MR) is 101 cm³/mol. The maximum absolute atomic E-state index is 4.61. The third-order valence-electron chi connectivity index (χ3n) is 4.75. The van der Waals surface area contributed by atoms with Crippen LogP contribution in [0.2, 0.25) is 0 Å². The van der Waals surface area contributed by atoms with E-state index >= 15 is 0 Å². The van der Waals surface area contributed by atoms with Crippen LogP contribution in [0.4, 0.5) is 0 Å². The standard InChI is InChI=1S/C18H22N6.ClH/c1-13-16-9-14(10-21-18(16)23(2)22-13)12-24-8-7-20-11-17(24)15-3-5-19-6-4-15;/h3-6,9-10,17,20H,7-8,11-12H2,1-2H3;1H. The summed E-state index contributed by atoms with van der Waals surface area (Å²) in [6, 6.07) is 6.82. The SMILES string of the molecule is Cc1nn(C)c2ncc(CN3CCNCC3c3ccncc3)cc12.Cl. The van der Waals surface area contributed by atoms with Gasteiger partial charge in [0.05, 0.1) is 5.69 Å². The Bertz CT molecular complexity index is 847. The van der Waals surface area contributed by atoms with Crippen LogP contribution in [0.5, 0.6) is 0 Å². The molecule has 4 rings (SSSR count). The molecule has 1 saturated heterocycles. The molecule has 25 heavy (non-hydrogen) atoms. The molecule has 1 unspecified atom stereocenters. The molecule has 0 amide bonds. The number of nitrogens with one attached hydrogen (secondary N) is 1. The quantitative estimate of drug-likeness (QED) is 0.778. The second kappa shape index (κ2) is 7.47. The van der Waals surface area contributed by atoms with Gasteiger partial charge in [0.2, 0.25) is 0 Å². The molecule has 0 radical (unpaired) electrons. The second-order valence-corrected chi connectivity index (χ2v) is 6.39. The highest BCUT2D eigenvalue weighted by atomic mass is 35.5. The first kappa shape index (κ1) is 17.8. The Morgan fingerprint density at radius 2 is 2.08 bits per heavy atom. The fraction of sp³-hybridized carbons (Fsp3) is 0.389. The number of aryl methyl sites for hydroxylation is 2. The maximum atomic E-state index is 4.61. The number of pyridine rings is 2. The Balaban J connectivity index is 0.00000182. The van der Waals surface area contributed by atoms with E-state index in [9.17, 15) is 0 Å². The Hall–Kier alpha value is -2.02. The number of nitrogens with zero attached hydrogens (tertiary/aromatic N) is 5. The summed E-state index contributed by atoms with van der Waals surface area (Å²) in [6.07, 6.45) is 5.72. The third-order valence-corrected chi connectivity index (χ3v) is 4.75. The van der Waals surface area contributed by atoms with Gasteiger partial charge in [-0.3, -0.25) is 14.6 Å². The number of piperazine rings is 1. The van der Waals surface area contributed by atoms with Gasteiger partial charge in [-0.1, -0.05) is 0 Å². The van der Waals surface area contributed by atoms with E-state index in [1.807, 2.05) is 37.2 Å². The van der Waals surface area contributed by atoms with Gasteiger partial charge in [-0.25, -0.2) is 4.98 Å². The molecule has 7 heteroatoms. The zero-order valence-electron chi connectivity index (χ0n) is 14.5. The summed E-state index contributed by atoms with van der Waals surface area (Å²) in [4.78, 5) is 11.3. The van der Waals surface area contributed by atoms with E-state index in [1.165, 1.54) is 11.1 Å². The monoisotopic (exact) mass is 358 g/mol. The van der Waals surface area contributed by atoms with Gasteiger partial charge in [-0.15, -0.1) is 12.4 Å². The number of hydrogen-bond acceptors (Lipinski definition) is 5. The van der Waals surface area contributed by atoms with Crippen molar-refractivity contribution < 1.29 is 0 Å². The van der Waals surface area contributed by atoms with Gasteiger partial charge in [0.1, 0.15) is 0 Å². The number of hydrogen-bond donors (Lipinski definition) is 1. The topological polar surface area (TPSA) is 58.9 Å². The van der Waals surface area contributed by atoms with E-state index in [2.05, 4.69) is 43.5 Å². The Morgan fingerprint density at radius 1 is 1.28 bits per heavy atom. The van der Waals surface area contributed by atoms with Crippen LogP contribution in [0.3, 0.4) is 0 Å². The summed E-state index contributed by atoms with van der Waals surface area (Å²) < 4.78 is 1.85. The van der Waals surface area contributed by atoms with Crippen LogP contribution in [-0.2, 0) is 13.6 Å². The molecule has 0 spiro atoms. The van der Waals surface area contributed by atoms with Crippen LogP contribution in [0, 0.1) is 6.92 Å². The van der Waals surface area contributed by atoms with Gasteiger partial charge in [-0.05, 0) is 36.2 Å². The van der Waals surface area contributed by atoms with E-state index in [4.69, 9.17) is 0 Å². The van der Waals surface area contributed by atoms with Crippen molar-refractivity contribution in [2.45, 2.75) is 19.5 Å². The minimum Gasteiger partial charge on any atom is -0.314 e. The van der Waals surface area contributed by atoms with Crippen molar-refractivity contribution in [3.05, 3.63) is 53.6 Å². The van der Waals surface area contributed by atoms with Gasteiger partial charge in [0.15, 0.2) is 5.65 Å². The van der Waals surface area contributed by atoms with E-state index in [0.29, 0.717) is 6.04 Å². The molecule has 0 aliphatic carbocycles. The minimum atomic E-state index is 0. The normalized spacial score (nSPS) is 18.2. The molecule has 1 atom stereocenters. The molecule has 4 heterocycles. The molecule has 0 bridgehead atoms. The Kier molecular flexibility index (Phi) is 5.32. The van der Waals surface area contributed by atoms with Crippen LogP contribution in [0.15, 0.2) is 36.8 Å². The molecule has 3 aromatic rings. The summed E-state index contributed by atoms with van der Waals surface area (Å²) in [7, 11) is 1.94. The van der Waals surface area contributed by atoms with E-state index in [0.717, 1.165) is 42.9 Å². The Morgan fingerprint density at radius 3 is 2.88 bits per heavy atom. The third kappa shape index (κ3) is 3.51. The van der Waals surface area contributed by atoms with Gasteiger partial charge < -0.3 is 5.32 Å². The van der Waals surface area contributed by atoms with Crippen molar-refractivity contribution in [2.24, 2.45) is 7.05 Å². The summed E-state index contributed by atoms with van der Waals surface area (Å²) in [5, 5.41) is 9.11. The summed E-state index contributed by atoms with van der Waals surface area (Å²) in [5.41, 5.74) is 4.53. The first-order valence-corrected chi connectivity index (χ1v) is 8.35. The molecule has 3 aromatic heterocycles. The van der Waals surface area contributed by atoms with Crippen molar-refractivity contribution in [2.75, 3.05) is 19.6 Å². The highest BCUT2D eigenvalue weighted by molar-refractivity contribution is 5.85. The molecule has 132 valence electrons. The molecule has 1 aliphatic heterocycles. The molecule has 1 N–H and O–H groups in total. The van der Waals surface area contributed by atoms with Gasteiger partial charge >= 0.3 is 0 Å². The first-order valence-electron chi connectivity index (χ1n) is 8.35. The second-order valence-electron chi connectivity index (χ2n) is 6.39. The number of rotatable bonds is 3. The minimum absolute atomic E-state index is 0. The fourth-order valence-electron chi connectivity index (χ4n) is 3.52. The van der Waals surface area contributed by atoms with E-state index < -0.39 is 0 Å². The van der Waals surface area contributed by atoms with Crippen LogP contribution >= 0.6 is 12.4 Å². The van der Waals surface area contributed by atoms with Crippen LogP contribution in [0.25, 0.3) is 11.0 Å². The van der Waals surface area contributed by atoms with E-state index in [1.54, 1.807) is 0 Å². The van der Waals surface area contributed by atoms with Crippen molar-refractivity contribution >= 4 is 23.4 Å². The lowest BCUT2D eigenvalue weighted by Crippen LogP contribution is -2.45. The smallest absolute Gasteiger partial charge is 0.157 e. The molecule has 1 fully saturated rings. The van der Waals surface area contributed by atoms with Crippen molar-refractivity contribution in [3.63, 3.8) is 0 Å². The number of fused-ring (bicyclic) bond motifs is 1. The first-order chi connectivity index (χ1) is 11.7. The largest absolute Gasteiger partial charge is 0.314 e. The van der Waals surface area contributed by atoms with Crippen molar-refractivity contribution in [1.29, 1.82) is 0 Å². The van der Waals surface area contributed by atoms with Crippen LogP contribution < -0.4 is 5.32 Å². The molecular weight excluding hydrogens is 336 g/mol. The molecule has 1 aliphatic rings. The lowest BCUT2D eigenvalue weighted by atomic mass is 10.0. The summed E-state index contributed by atoms with van der Waals surface area (Å²) in [5.74, 6) is 0. The van der Waals surface area contributed by atoms with E-state index in [-0.39, 0.29) is 12.4 Å². The molecule has 6 nitrogen and oxygen atoms in total. The van der Waals surface area contributed by atoms with Gasteiger partial charge in [0.25, 0.3) is 0 Å². The highest BCUT2D eigenvalue weighted by Gasteiger charge is 2.24. The fourth-order valence-corrected chi connectivity index (χ4v) is 3.52. The van der Waals surface area contributed by atoms with Gasteiger partial charge in [0, 0.05) is 63.2 Å². The van der Waals surface area contributed by atoms with Crippen molar-refractivity contribution in [3.8, 4) is 0 Å². The van der Waals surface area contributed by atoms with Crippen molar-refractivity contribution in [1.82, 2.24) is 30.0 Å². The summed E-state index contributed by atoms with van der Waals surface area (Å²) >= 11 is 0. The van der Waals surface area contributed by atoms with Gasteiger partial charge in [-0.2, -0.15) is 5.10 Å². The number of halogens is 1. The average Bonchev–Trinajstić information content (AvgIpc) is 2.90. The summed E-state index contributed by atoms with van der Waals surface area (Å²) in [6.45, 7) is 5.94. The number of aromatic nitrogens is 4. The predicted octanol–water partition coefficient (Wildman–Crippen LogP) is 2.24. The zero-order valence-corrected chi connectivity index (χ0v) is 15.3. The molecular formula is C18H23ClN6. The lowest BCUT2D eigenvalue weighted by molar-refractivity contribution is 0.153. The average molecular weight is 359 g/mol. The maximum Gasteiger partial charge on any atom is 0.157 e. The Labute approximate surface area is 153 Å². The lowest BCUT2D eigenvalue weighted by Gasteiger charge is -2.36.